The van der Waals surface area contributed by atoms with Gasteiger partial charge in [0.15, 0.2) is 17.3 Å². The molecule has 136 valence electrons. The Labute approximate surface area is 152 Å². The van der Waals surface area contributed by atoms with Crippen LogP contribution < -0.4 is 19.9 Å². The van der Waals surface area contributed by atoms with Crippen molar-refractivity contribution in [2.24, 2.45) is 0 Å². The minimum absolute atomic E-state index is 0.172. The van der Waals surface area contributed by atoms with Gasteiger partial charge in [-0.05, 0) is 18.6 Å². The highest BCUT2D eigenvalue weighted by Crippen LogP contribution is 2.29. The molecule has 1 heterocycles. The summed E-state index contributed by atoms with van der Waals surface area (Å²) in [6, 6.07) is 11.7. The Bertz CT molecular complexity index is 982. The minimum atomic E-state index is -0.172. The third-order valence-electron chi connectivity index (χ3n) is 4.48. The van der Waals surface area contributed by atoms with Crippen LogP contribution in [0.2, 0.25) is 0 Å². The zero-order valence-corrected chi connectivity index (χ0v) is 15.6. The van der Waals surface area contributed by atoms with E-state index >= 15 is 0 Å². The summed E-state index contributed by atoms with van der Waals surface area (Å²) in [5.74, 6) is 1.73. The Hall–Kier alpha value is -2.86. The molecular formula is C20H24N3O3+. The molecule has 6 heteroatoms. The second-order valence-electron chi connectivity index (χ2n) is 6.47. The van der Waals surface area contributed by atoms with Crippen molar-refractivity contribution in [1.29, 1.82) is 0 Å². The Morgan fingerprint density at radius 2 is 1.77 bits per heavy atom. The first kappa shape index (κ1) is 17.9. The molecule has 0 saturated carbocycles. The zero-order valence-electron chi connectivity index (χ0n) is 15.6. The number of quaternary nitrogens is 1. The van der Waals surface area contributed by atoms with Crippen molar-refractivity contribution in [3.8, 4) is 11.5 Å². The smallest absolute Gasteiger partial charge is 0.259 e. The molecule has 3 rings (SSSR count). The van der Waals surface area contributed by atoms with Gasteiger partial charge in [-0.3, -0.25) is 4.79 Å². The monoisotopic (exact) mass is 354 g/mol. The lowest BCUT2D eigenvalue weighted by Gasteiger charge is -2.15. The summed E-state index contributed by atoms with van der Waals surface area (Å²) >= 11 is 0. The van der Waals surface area contributed by atoms with Gasteiger partial charge in [0, 0.05) is 11.6 Å². The quantitative estimate of drug-likeness (QED) is 0.703. The number of hydrogen-bond donors (Lipinski definition) is 2. The van der Waals surface area contributed by atoms with Crippen LogP contribution in [0.3, 0.4) is 0 Å². The molecular weight excluding hydrogens is 330 g/mol. The van der Waals surface area contributed by atoms with E-state index in [0.29, 0.717) is 34.8 Å². The number of nitrogens with zero attached hydrogens (tertiary/aromatic N) is 1. The summed E-state index contributed by atoms with van der Waals surface area (Å²) in [7, 11) is 5.20. The lowest BCUT2D eigenvalue weighted by molar-refractivity contribution is -0.908. The van der Waals surface area contributed by atoms with E-state index in [9.17, 15) is 4.79 Å². The molecule has 0 aliphatic carbocycles. The fourth-order valence-electron chi connectivity index (χ4n) is 3.08. The molecule has 0 amide bonds. The largest absolute Gasteiger partial charge is 0.493 e. The van der Waals surface area contributed by atoms with Gasteiger partial charge in [-0.15, -0.1) is 0 Å². The molecule has 6 nitrogen and oxygen atoms in total. The van der Waals surface area contributed by atoms with Crippen molar-refractivity contribution in [2.75, 3.05) is 21.3 Å². The summed E-state index contributed by atoms with van der Waals surface area (Å²) in [6.45, 7) is 3.59. The van der Waals surface area contributed by atoms with Crippen molar-refractivity contribution >= 4 is 10.9 Å². The van der Waals surface area contributed by atoms with E-state index in [0.717, 1.165) is 6.54 Å². The molecule has 2 aromatic carbocycles. The van der Waals surface area contributed by atoms with Crippen molar-refractivity contribution in [2.45, 2.75) is 20.0 Å². The number of H-pyrrole nitrogens is 1. The van der Waals surface area contributed by atoms with Crippen LogP contribution in [0.1, 0.15) is 17.0 Å². The number of aromatic amines is 1. The maximum Gasteiger partial charge on any atom is 0.259 e. The van der Waals surface area contributed by atoms with Crippen molar-refractivity contribution in [3.63, 3.8) is 0 Å². The van der Waals surface area contributed by atoms with E-state index in [-0.39, 0.29) is 5.56 Å². The Kier molecular flexibility index (Phi) is 5.23. The highest BCUT2D eigenvalue weighted by molar-refractivity contribution is 5.81. The van der Waals surface area contributed by atoms with Gasteiger partial charge in [0.05, 0.1) is 32.2 Å². The second kappa shape index (κ2) is 7.58. The van der Waals surface area contributed by atoms with Gasteiger partial charge >= 0.3 is 0 Å². The Morgan fingerprint density at radius 1 is 1.08 bits per heavy atom. The number of benzene rings is 2. The van der Waals surface area contributed by atoms with Crippen molar-refractivity contribution in [3.05, 3.63) is 63.7 Å². The summed E-state index contributed by atoms with van der Waals surface area (Å²) in [5, 5.41) is 0.489. The highest BCUT2D eigenvalue weighted by atomic mass is 16.5. The van der Waals surface area contributed by atoms with Gasteiger partial charge in [0.2, 0.25) is 0 Å². The van der Waals surface area contributed by atoms with Crippen LogP contribution in [0, 0.1) is 6.92 Å². The Morgan fingerprint density at radius 3 is 2.46 bits per heavy atom. The van der Waals surface area contributed by atoms with E-state index < -0.39 is 0 Å². The van der Waals surface area contributed by atoms with Crippen LogP contribution in [0.25, 0.3) is 10.9 Å². The Balaban J connectivity index is 1.88. The van der Waals surface area contributed by atoms with E-state index in [1.807, 2.05) is 12.1 Å². The topological polar surface area (TPSA) is 68.7 Å². The average Bonchev–Trinajstić information content (AvgIpc) is 2.62. The van der Waals surface area contributed by atoms with Crippen LogP contribution in [0.5, 0.6) is 11.5 Å². The second-order valence-corrected chi connectivity index (χ2v) is 6.47. The molecule has 0 bridgehead atoms. The molecule has 0 fully saturated rings. The third-order valence-corrected chi connectivity index (χ3v) is 4.48. The van der Waals surface area contributed by atoms with E-state index in [4.69, 9.17) is 9.47 Å². The van der Waals surface area contributed by atoms with E-state index in [1.54, 1.807) is 26.4 Å². The van der Waals surface area contributed by atoms with Gasteiger partial charge in [-0.1, -0.05) is 24.3 Å². The molecule has 0 saturated heterocycles. The molecule has 0 aliphatic heterocycles. The van der Waals surface area contributed by atoms with Crippen LogP contribution in [-0.2, 0) is 13.1 Å². The molecule has 26 heavy (non-hydrogen) atoms. The molecule has 1 atom stereocenters. The molecule has 0 spiro atoms. The lowest BCUT2D eigenvalue weighted by atomic mass is 10.1. The summed E-state index contributed by atoms with van der Waals surface area (Å²) in [5.41, 5.74) is 2.99. The third kappa shape index (κ3) is 3.70. The number of fused-ring (bicyclic) bond motifs is 1. The van der Waals surface area contributed by atoms with Gasteiger partial charge in [0.25, 0.3) is 5.56 Å². The number of ether oxygens (including phenoxy) is 2. The van der Waals surface area contributed by atoms with E-state index in [2.05, 4.69) is 36.1 Å². The van der Waals surface area contributed by atoms with Gasteiger partial charge in [-0.25, -0.2) is 4.98 Å². The van der Waals surface area contributed by atoms with Crippen molar-refractivity contribution < 1.29 is 14.4 Å². The average molecular weight is 354 g/mol. The number of nitrogens with one attached hydrogen (secondary N) is 2. The maximum atomic E-state index is 12.5. The number of hydrogen-bond acceptors (Lipinski definition) is 4. The van der Waals surface area contributed by atoms with Gasteiger partial charge in [0.1, 0.15) is 13.1 Å². The number of methoxy groups -OCH3 is 2. The summed E-state index contributed by atoms with van der Waals surface area (Å²) < 4.78 is 10.6. The van der Waals surface area contributed by atoms with Crippen LogP contribution in [0.15, 0.2) is 41.2 Å². The number of aromatic nitrogens is 2. The molecule has 0 radical (unpaired) electrons. The van der Waals surface area contributed by atoms with Crippen LogP contribution in [0.4, 0.5) is 0 Å². The predicted octanol–water partition coefficient (Wildman–Crippen LogP) is 1.46. The summed E-state index contributed by atoms with van der Waals surface area (Å²) in [6.07, 6.45) is 0. The highest BCUT2D eigenvalue weighted by Gasteiger charge is 2.13. The van der Waals surface area contributed by atoms with Gasteiger partial charge < -0.3 is 19.4 Å². The normalized spacial score (nSPS) is 12.2. The zero-order chi connectivity index (χ0) is 18.7. The van der Waals surface area contributed by atoms with Crippen LogP contribution in [-0.4, -0.2) is 31.2 Å². The molecule has 0 aliphatic rings. The fourth-order valence-corrected chi connectivity index (χ4v) is 3.08. The van der Waals surface area contributed by atoms with Crippen molar-refractivity contribution in [1.82, 2.24) is 9.97 Å². The SMILES string of the molecule is COc1cc2nc(C[NH+](C)Cc3ccccc3C)[nH]c(=O)c2cc1OC. The maximum absolute atomic E-state index is 12.5. The first-order chi connectivity index (χ1) is 12.5. The molecule has 1 aromatic heterocycles. The van der Waals surface area contributed by atoms with Gasteiger partial charge in [-0.2, -0.15) is 0 Å². The predicted molar refractivity (Wildman–Crippen MR) is 101 cm³/mol. The molecule has 2 N–H and O–H groups in total. The number of aryl methyl sites for hydroxylation is 1. The first-order valence-electron chi connectivity index (χ1n) is 8.52. The first-order valence-corrected chi connectivity index (χ1v) is 8.52. The summed E-state index contributed by atoms with van der Waals surface area (Å²) in [4.78, 5) is 21.2. The fraction of sp³-hybridized carbons (Fsp3) is 0.300. The molecule has 1 unspecified atom stereocenters. The van der Waals surface area contributed by atoms with E-state index in [1.165, 1.54) is 16.0 Å². The lowest BCUT2D eigenvalue weighted by Crippen LogP contribution is -3.06. The number of rotatable bonds is 6. The standard InChI is InChI=1S/C20H23N3O3/c1-13-7-5-6-8-14(13)11-23(2)12-19-21-16-10-18(26-4)17(25-3)9-15(16)20(24)22-19/h5-10H,11-12H2,1-4H3,(H,21,22,24)/p+1. The minimum Gasteiger partial charge on any atom is -0.493 e. The van der Waals surface area contributed by atoms with Crippen LogP contribution >= 0.6 is 0 Å². The molecule has 3 aromatic rings.